The number of imide groups is 1. The molecule has 4 nitrogen and oxygen atoms in total. The molecule has 0 aromatic rings. The van der Waals surface area contributed by atoms with E-state index < -0.39 is 0 Å². The first-order chi connectivity index (χ1) is 6.43. The highest BCUT2D eigenvalue weighted by Crippen LogP contribution is 2.22. The molecule has 0 spiro atoms. The Hall–Kier alpha value is -0.870. The molecule has 1 heterocycles. The Morgan fingerprint density at radius 2 is 2.07 bits per heavy atom. The van der Waals surface area contributed by atoms with Crippen molar-refractivity contribution in [1.82, 2.24) is 4.90 Å². The highest BCUT2D eigenvalue weighted by Gasteiger charge is 2.42. The van der Waals surface area contributed by atoms with E-state index in [9.17, 15) is 9.59 Å². The van der Waals surface area contributed by atoms with Crippen LogP contribution < -0.4 is 0 Å². The second-order valence-electron chi connectivity index (χ2n) is 3.57. The van der Waals surface area contributed by atoms with Crippen LogP contribution in [0.4, 0.5) is 4.79 Å². The number of carbonyl (C=O) groups is 2. The van der Waals surface area contributed by atoms with Gasteiger partial charge in [0.2, 0.25) is 0 Å². The number of quaternary nitrogens is 1. The van der Waals surface area contributed by atoms with Crippen LogP contribution in [0.1, 0.15) is 6.92 Å². The van der Waals surface area contributed by atoms with Crippen molar-refractivity contribution in [2.75, 3.05) is 26.5 Å². The number of allylic oxidation sites excluding steroid dienone is 1. The summed E-state index contributed by atoms with van der Waals surface area (Å²) in [6.07, 6.45) is 1.48. The predicted molar refractivity (Wildman–Crippen MR) is 53.7 cm³/mol. The molecule has 0 saturated heterocycles. The number of likely N-dealkylation sites (N-methyl/N-ethyl adjacent to an activating group) is 1. The molecule has 0 fully saturated rings. The minimum atomic E-state index is -0.266. The van der Waals surface area contributed by atoms with E-state index in [0.717, 1.165) is 10.6 Å². The monoisotopic (exact) mass is 217 g/mol. The Bertz CT molecular complexity index is 314. The topological polar surface area (TPSA) is 37.4 Å². The fraction of sp³-hybridized carbons (Fsp3) is 0.556. The third-order valence-corrected chi connectivity index (χ3v) is 2.85. The number of halogens is 1. The van der Waals surface area contributed by atoms with E-state index in [1.165, 1.54) is 13.1 Å². The SMILES string of the molecule is CC1=CC(=O)N(C)C(=O)[N+]1(C)CCCl. The summed E-state index contributed by atoms with van der Waals surface area (Å²) < 4.78 is 0.0890. The number of carbonyl (C=O) groups excluding carboxylic acids is 2. The smallest absolute Gasteiger partial charge is 0.269 e. The van der Waals surface area contributed by atoms with Gasteiger partial charge in [-0.3, -0.25) is 4.79 Å². The van der Waals surface area contributed by atoms with Crippen LogP contribution in [0.25, 0.3) is 0 Å². The summed E-state index contributed by atoms with van der Waals surface area (Å²) >= 11 is 5.64. The summed E-state index contributed by atoms with van der Waals surface area (Å²) in [5, 5.41) is 0. The van der Waals surface area contributed by atoms with Gasteiger partial charge < -0.3 is 0 Å². The first-order valence-electron chi connectivity index (χ1n) is 4.36. The van der Waals surface area contributed by atoms with Crippen LogP contribution in [0.15, 0.2) is 11.8 Å². The Morgan fingerprint density at radius 3 is 2.57 bits per heavy atom. The fourth-order valence-electron chi connectivity index (χ4n) is 1.44. The van der Waals surface area contributed by atoms with Gasteiger partial charge in [0.05, 0.1) is 19.0 Å². The van der Waals surface area contributed by atoms with Gasteiger partial charge in [0.25, 0.3) is 5.91 Å². The number of nitrogens with zero attached hydrogens (tertiary/aromatic N) is 2. The van der Waals surface area contributed by atoms with Gasteiger partial charge >= 0.3 is 6.03 Å². The van der Waals surface area contributed by atoms with Crippen LogP contribution in [0, 0.1) is 0 Å². The van der Waals surface area contributed by atoms with E-state index in [1.807, 2.05) is 0 Å². The third-order valence-electron chi connectivity index (χ3n) is 2.68. The summed E-state index contributed by atoms with van der Waals surface area (Å²) in [5.74, 6) is 0.118. The standard InChI is InChI=1S/C9H14ClN2O2/c1-7-6-8(13)11(2)9(14)12(7,3)5-4-10/h6H,4-5H2,1-3H3/q+1. The molecule has 0 radical (unpaired) electrons. The van der Waals surface area contributed by atoms with Crippen LogP contribution in [-0.4, -0.2) is 47.8 Å². The summed E-state index contributed by atoms with van der Waals surface area (Å²) in [6.45, 7) is 2.27. The lowest BCUT2D eigenvalue weighted by Crippen LogP contribution is -2.58. The number of alkyl halides is 1. The summed E-state index contributed by atoms with van der Waals surface area (Å²) in [7, 11) is 3.25. The molecule has 0 aliphatic carbocycles. The zero-order chi connectivity index (χ0) is 10.9. The minimum absolute atomic E-state index is 0.0890. The van der Waals surface area contributed by atoms with Crippen molar-refractivity contribution >= 4 is 23.5 Å². The van der Waals surface area contributed by atoms with Gasteiger partial charge in [0.15, 0.2) is 0 Å². The number of urea groups is 1. The normalized spacial score (nSPS) is 28.0. The molecule has 1 unspecified atom stereocenters. The minimum Gasteiger partial charge on any atom is -0.269 e. The molecular formula is C9H14ClN2O2+. The van der Waals surface area contributed by atoms with Crippen molar-refractivity contribution in [3.05, 3.63) is 11.8 Å². The van der Waals surface area contributed by atoms with Crippen LogP contribution in [-0.2, 0) is 4.79 Å². The van der Waals surface area contributed by atoms with Gasteiger partial charge in [-0.1, -0.05) is 0 Å². The molecule has 78 valence electrons. The van der Waals surface area contributed by atoms with E-state index in [0.29, 0.717) is 12.4 Å². The Morgan fingerprint density at radius 1 is 1.50 bits per heavy atom. The van der Waals surface area contributed by atoms with E-state index in [4.69, 9.17) is 11.6 Å². The van der Waals surface area contributed by atoms with E-state index >= 15 is 0 Å². The van der Waals surface area contributed by atoms with Crippen LogP contribution in [0.3, 0.4) is 0 Å². The first kappa shape index (κ1) is 11.2. The van der Waals surface area contributed by atoms with E-state index in [1.54, 1.807) is 14.0 Å². The lowest BCUT2D eigenvalue weighted by Gasteiger charge is -2.36. The molecule has 3 amide bonds. The maximum Gasteiger partial charge on any atom is 0.430 e. The average molecular weight is 218 g/mol. The molecule has 5 heteroatoms. The maximum absolute atomic E-state index is 11.8. The number of amides is 3. The van der Waals surface area contributed by atoms with Crippen LogP contribution in [0.2, 0.25) is 0 Å². The van der Waals surface area contributed by atoms with Crippen molar-refractivity contribution < 1.29 is 14.1 Å². The third kappa shape index (κ3) is 1.55. The molecule has 1 aliphatic heterocycles. The number of rotatable bonds is 2. The summed E-state index contributed by atoms with van der Waals surface area (Å²) in [6, 6.07) is -0.226. The maximum atomic E-state index is 11.8. The Kier molecular flexibility index (Phi) is 2.97. The zero-order valence-electron chi connectivity index (χ0n) is 8.58. The second-order valence-corrected chi connectivity index (χ2v) is 3.95. The number of hydrogen-bond donors (Lipinski definition) is 0. The van der Waals surface area contributed by atoms with Crippen molar-refractivity contribution in [3.8, 4) is 0 Å². The van der Waals surface area contributed by atoms with E-state index in [2.05, 4.69) is 0 Å². The molecule has 1 rings (SSSR count). The van der Waals surface area contributed by atoms with Gasteiger partial charge in [0.1, 0.15) is 12.2 Å². The zero-order valence-corrected chi connectivity index (χ0v) is 9.34. The molecule has 0 N–H and O–H groups in total. The van der Waals surface area contributed by atoms with Gasteiger partial charge in [-0.15, -0.1) is 11.6 Å². The van der Waals surface area contributed by atoms with Gasteiger partial charge in [-0.2, -0.15) is 0 Å². The predicted octanol–water partition coefficient (Wildman–Crippen LogP) is 1.17. The van der Waals surface area contributed by atoms with Crippen LogP contribution in [0.5, 0.6) is 0 Å². The molecule has 0 bridgehead atoms. The second kappa shape index (κ2) is 3.71. The lowest BCUT2D eigenvalue weighted by molar-refractivity contribution is -0.791. The summed E-state index contributed by atoms with van der Waals surface area (Å²) in [5.41, 5.74) is 0.735. The van der Waals surface area contributed by atoms with E-state index in [-0.39, 0.29) is 16.4 Å². The largest absolute Gasteiger partial charge is 0.430 e. The fourth-order valence-corrected chi connectivity index (χ4v) is 1.77. The first-order valence-corrected chi connectivity index (χ1v) is 4.89. The molecule has 1 atom stereocenters. The molecule has 0 aromatic carbocycles. The van der Waals surface area contributed by atoms with Crippen LogP contribution >= 0.6 is 11.6 Å². The van der Waals surface area contributed by atoms with Crippen molar-refractivity contribution in [2.24, 2.45) is 0 Å². The van der Waals surface area contributed by atoms with Crippen molar-refractivity contribution in [3.63, 3.8) is 0 Å². The molecule has 1 aliphatic rings. The average Bonchev–Trinajstić information content (AvgIpc) is 2.13. The molecule has 0 saturated carbocycles. The molecule has 14 heavy (non-hydrogen) atoms. The number of hydrogen-bond acceptors (Lipinski definition) is 2. The van der Waals surface area contributed by atoms with Gasteiger partial charge in [-0.25, -0.2) is 14.2 Å². The molecular weight excluding hydrogens is 204 g/mol. The quantitative estimate of drug-likeness (QED) is 0.514. The summed E-state index contributed by atoms with van der Waals surface area (Å²) in [4.78, 5) is 24.3. The lowest BCUT2D eigenvalue weighted by atomic mass is 10.2. The van der Waals surface area contributed by atoms with Crippen molar-refractivity contribution in [1.29, 1.82) is 0 Å². The highest BCUT2D eigenvalue weighted by molar-refractivity contribution is 6.18. The van der Waals surface area contributed by atoms with Gasteiger partial charge in [-0.05, 0) is 0 Å². The van der Waals surface area contributed by atoms with Crippen molar-refractivity contribution in [2.45, 2.75) is 6.92 Å². The highest BCUT2D eigenvalue weighted by atomic mass is 35.5. The molecule has 0 aromatic heterocycles. The van der Waals surface area contributed by atoms with Gasteiger partial charge in [0, 0.05) is 14.0 Å². The Labute approximate surface area is 88.3 Å². The Balaban J connectivity index is 3.12.